The van der Waals surface area contributed by atoms with E-state index in [1.165, 1.54) is 11.9 Å². The molecule has 0 aliphatic heterocycles. The summed E-state index contributed by atoms with van der Waals surface area (Å²) >= 11 is 0. The molecule has 0 saturated heterocycles. The number of likely N-dealkylation sites (N-methyl/N-ethyl adjacent to an activating group) is 1. The number of primary amides is 1. The van der Waals surface area contributed by atoms with Gasteiger partial charge in [-0.15, -0.1) is 0 Å². The highest BCUT2D eigenvalue weighted by molar-refractivity contribution is 5.86. The number of carbonyl (C=O) groups excluding carboxylic acids is 2. The zero-order valence-corrected chi connectivity index (χ0v) is 9.67. The van der Waals surface area contributed by atoms with E-state index in [2.05, 4.69) is 4.98 Å². The van der Waals surface area contributed by atoms with Gasteiger partial charge in [0.15, 0.2) is 0 Å². The second-order valence-electron chi connectivity index (χ2n) is 3.83. The van der Waals surface area contributed by atoms with Crippen LogP contribution in [0.3, 0.4) is 0 Å². The molecule has 1 aromatic rings. The Labute approximate surface area is 99.6 Å². The van der Waals surface area contributed by atoms with Crippen molar-refractivity contribution in [2.45, 2.75) is 12.5 Å². The van der Waals surface area contributed by atoms with Gasteiger partial charge in [-0.3, -0.25) is 14.6 Å². The zero-order valence-electron chi connectivity index (χ0n) is 9.67. The van der Waals surface area contributed by atoms with Crippen molar-refractivity contribution >= 4 is 11.8 Å². The van der Waals surface area contributed by atoms with Gasteiger partial charge < -0.3 is 16.4 Å². The lowest BCUT2D eigenvalue weighted by Crippen LogP contribution is -2.45. The van der Waals surface area contributed by atoms with Crippen LogP contribution in [0.25, 0.3) is 0 Å². The fourth-order valence-corrected chi connectivity index (χ4v) is 1.45. The molecule has 6 nitrogen and oxygen atoms in total. The Morgan fingerprint density at radius 3 is 2.76 bits per heavy atom. The Hall–Kier alpha value is -1.95. The quantitative estimate of drug-likeness (QED) is 0.677. The summed E-state index contributed by atoms with van der Waals surface area (Å²) < 4.78 is 0. The number of carbonyl (C=O) groups is 2. The van der Waals surface area contributed by atoms with E-state index in [4.69, 9.17) is 11.5 Å². The van der Waals surface area contributed by atoms with E-state index < -0.39 is 11.9 Å². The molecule has 0 aromatic carbocycles. The second-order valence-corrected chi connectivity index (χ2v) is 3.83. The van der Waals surface area contributed by atoms with Crippen molar-refractivity contribution in [2.75, 3.05) is 13.6 Å². The summed E-state index contributed by atoms with van der Waals surface area (Å²) in [5.74, 6) is -0.873. The van der Waals surface area contributed by atoms with Gasteiger partial charge in [-0.25, -0.2) is 0 Å². The van der Waals surface area contributed by atoms with Crippen molar-refractivity contribution in [3.63, 3.8) is 0 Å². The van der Waals surface area contributed by atoms with Gasteiger partial charge in [0.1, 0.15) is 0 Å². The molecule has 2 amide bonds. The maximum Gasteiger partial charge on any atom is 0.240 e. The molecule has 0 radical (unpaired) electrons. The summed E-state index contributed by atoms with van der Waals surface area (Å²) in [5.41, 5.74) is 11.6. The lowest BCUT2D eigenvalue weighted by Gasteiger charge is -2.19. The predicted octanol–water partition coefficient (Wildman–Crippen LogP) is -1.10. The van der Waals surface area contributed by atoms with Crippen LogP contribution in [0.5, 0.6) is 0 Å². The molecule has 17 heavy (non-hydrogen) atoms. The van der Waals surface area contributed by atoms with Crippen LogP contribution in [0, 0.1) is 0 Å². The van der Waals surface area contributed by atoms with Crippen LogP contribution in [0.15, 0.2) is 24.5 Å². The first kappa shape index (κ1) is 13.1. The Bertz CT molecular complexity index is 394. The Morgan fingerprint density at radius 2 is 2.24 bits per heavy atom. The molecule has 1 rings (SSSR count). The van der Waals surface area contributed by atoms with Crippen molar-refractivity contribution in [2.24, 2.45) is 11.5 Å². The molecule has 0 fully saturated rings. The zero-order chi connectivity index (χ0) is 12.8. The minimum Gasteiger partial charge on any atom is -0.368 e. The number of nitrogens with two attached hydrogens (primary N) is 2. The lowest BCUT2D eigenvalue weighted by atomic mass is 10.1. The molecule has 0 spiro atoms. The molecule has 1 aromatic heterocycles. The second kappa shape index (κ2) is 5.95. The molecule has 1 heterocycles. The third-order valence-corrected chi connectivity index (χ3v) is 2.26. The summed E-state index contributed by atoms with van der Waals surface area (Å²) in [7, 11) is 1.50. The van der Waals surface area contributed by atoms with E-state index in [1.807, 2.05) is 6.07 Å². The van der Waals surface area contributed by atoms with Gasteiger partial charge in [0.2, 0.25) is 11.8 Å². The molecule has 1 atom stereocenters. The average molecular weight is 236 g/mol. The van der Waals surface area contributed by atoms with E-state index in [9.17, 15) is 9.59 Å². The third-order valence-electron chi connectivity index (χ3n) is 2.26. The van der Waals surface area contributed by atoms with Crippen LogP contribution in [-0.2, 0) is 16.0 Å². The number of amides is 2. The Kier molecular flexibility index (Phi) is 4.59. The van der Waals surface area contributed by atoms with Crippen molar-refractivity contribution in [3.05, 3.63) is 30.1 Å². The average Bonchev–Trinajstić information content (AvgIpc) is 2.28. The van der Waals surface area contributed by atoms with Crippen LogP contribution >= 0.6 is 0 Å². The molecule has 6 heteroatoms. The van der Waals surface area contributed by atoms with E-state index in [0.717, 1.165) is 5.56 Å². The largest absolute Gasteiger partial charge is 0.368 e. The Balaban J connectivity index is 2.55. The summed E-state index contributed by atoms with van der Waals surface area (Å²) in [6.45, 7) is -0.125. The predicted molar refractivity (Wildman–Crippen MR) is 62.7 cm³/mol. The summed E-state index contributed by atoms with van der Waals surface area (Å²) in [4.78, 5) is 27.6. The minimum absolute atomic E-state index is 0.125. The molecule has 4 N–H and O–H groups in total. The molecular weight excluding hydrogens is 220 g/mol. The number of rotatable bonds is 5. The third kappa shape index (κ3) is 4.20. The SMILES string of the molecule is CN(CC(N)=O)C(=O)[C@@H](N)Cc1cccnc1. The van der Waals surface area contributed by atoms with E-state index >= 15 is 0 Å². The molecule has 0 bridgehead atoms. The van der Waals surface area contributed by atoms with Crippen molar-refractivity contribution < 1.29 is 9.59 Å². The highest BCUT2D eigenvalue weighted by atomic mass is 16.2. The maximum absolute atomic E-state index is 11.8. The number of hydrogen-bond acceptors (Lipinski definition) is 4. The topological polar surface area (TPSA) is 102 Å². The first-order valence-corrected chi connectivity index (χ1v) is 5.18. The summed E-state index contributed by atoms with van der Waals surface area (Å²) in [6, 6.07) is 2.93. The number of nitrogens with zero attached hydrogens (tertiary/aromatic N) is 2. The van der Waals surface area contributed by atoms with Gasteiger partial charge in [0, 0.05) is 19.4 Å². The van der Waals surface area contributed by atoms with Crippen LogP contribution in [-0.4, -0.2) is 41.3 Å². The molecule has 0 saturated carbocycles. The first-order chi connectivity index (χ1) is 8.00. The van der Waals surface area contributed by atoms with Crippen LogP contribution in [0.4, 0.5) is 0 Å². The van der Waals surface area contributed by atoms with Crippen LogP contribution in [0.1, 0.15) is 5.56 Å². The highest BCUT2D eigenvalue weighted by Crippen LogP contribution is 2.01. The standard InChI is InChI=1S/C11H16N4O2/c1-15(7-10(13)16)11(17)9(12)5-8-3-2-4-14-6-8/h2-4,6,9H,5,7,12H2,1H3,(H2,13,16)/t9-/m0/s1. The summed E-state index contributed by atoms with van der Waals surface area (Å²) in [5, 5.41) is 0. The molecular formula is C11H16N4O2. The summed E-state index contributed by atoms with van der Waals surface area (Å²) in [6.07, 6.45) is 3.69. The maximum atomic E-state index is 11.8. The normalized spacial score (nSPS) is 11.9. The van der Waals surface area contributed by atoms with Gasteiger partial charge in [-0.05, 0) is 18.1 Å². The molecule has 0 aliphatic rings. The monoisotopic (exact) mass is 236 g/mol. The first-order valence-electron chi connectivity index (χ1n) is 5.18. The molecule has 0 unspecified atom stereocenters. The van der Waals surface area contributed by atoms with Gasteiger partial charge in [0.05, 0.1) is 12.6 Å². The fraction of sp³-hybridized carbons (Fsp3) is 0.364. The van der Waals surface area contributed by atoms with Crippen molar-refractivity contribution in [3.8, 4) is 0 Å². The number of pyridine rings is 1. The smallest absolute Gasteiger partial charge is 0.240 e. The van der Waals surface area contributed by atoms with Gasteiger partial charge in [-0.1, -0.05) is 6.07 Å². The molecule has 0 aliphatic carbocycles. The minimum atomic E-state index is -0.691. The number of hydrogen-bond donors (Lipinski definition) is 2. The highest BCUT2D eigenvalue weighted by Gasteiger charge is 2.19. The van der Waals surface area contributed by atoms with Gasteiger partial charge in [-0.2, -0.15) is 0 Å². The Morgan fingerprint density at radius 1 is 1.53 bits per heavy atom. The van der Waals surface area contributed by atoms with E-state index in [0.29, 0.717) is 6.42 Å². The lowest BCUT2D eigenvalue weighted by molar-refractivity contribution is -0.134. The molecule has 92 valence electrons. The van der Waals surface area contributed by atoms with E-state index in [-0.39, 0.29) is 12.5 Å². The van der Waals surface area contributed by atoms with Crippen LogP contribution in [0.2, 0.25) is 0 Å². The van der Waals surface area contributed by atoms with Crippen LogP contribution < -0.4 is 11.5 Å². The van der Waals surface area contributed by atoms with E-state index in [1.54, 1.807) is 18.5 Å². The van der Waals surface area contributed by atoms with Gasteiger partial charge in [0.25, 0.3) is 0 Å². The number of aromatic nitrogens is 1. The fourth-order valence-electron chi connectivity index (χ4n) is 1.45. The van der Waals surface area contributed by atoms with Crippen molar-refractivity contribution in [1.29, 1.82) is 0 Å². The van der Waals surface area contributed by atoms with Crippen molar-refractivity contribution in [1.82, 2.24) is 9.88 Å². The van der Waals surface area contributed by atoms with Gasteiger partial charge >= 0.3 is 0 Å².